The maximum Gasteiger partial charge on any atom is 0.149 e. The van der Waals surface area contributed by atoms with Crippen molar-refractivity contribution in [3.05, 3.63) is 0 Å². The number of carbonyl (C=O) groups is 1. The molecule has 0 spiro atoms. The van der Waals surface area contributed by atoms with Crippen LogP contribution in [-0.4, -0.2) is 53.8 Å². The van der Waals surface area contributed by atoms with Crippen molar-refractivity contribution < 1.29 is 4.79 Å². The second-order valence-corrected chi connectivity index (χ2v) is 6.42. The fraction of sp³-hybridized carbons (Fsp3) is 0.933. The molecule has 0 radical (unpaired) electrons. The Balaban J connectivity index is 1.70. The minimum atomic E-state index is 0.250. The first-order chi connectivity index (χ1) is 8.75. The Labute approximate surface area is 111 Å². The number of likely N-dealkylation sites (tertiary alicyclic amines) is 1. The number of fused-ring (bicyclic) bond motifs is 2. The van der Waals surface area contributed by atoms with Gasteiger partial charge < -0.3 is 0 Å². The molecular weight excluding hydrogens is 224 g/mol. The summed E-state index contributed by atoms with van der Waals surface area (Å²) in [5.41, 5.74) is 0. The zero-order chi connectivity index (χ0) is 12.5. The van der Waals surface area contributed by atoms with E-state index in [1.165, 1.54) is 32.1 Å². The molecule has 3 unspecified atom stereocenters. The van der Waals surface area contributed by atoms with E-state index in [1.54, 1.807) is 0 Å². The summed E-state index contributed by atoms with van der Waals surface area (Å²) < 4.78 is 0. The van der Waals surface area contributed by atoms with Crippen molar-refractivity contribution in [2.45, 2.75) is 69.5 Å². The third-order valence-electron chi connectivity index (χ3n) is 5.39. The van der Waals surface area contributed by atoms with Gasteiger partial charge in [-0.15, -0.1) is 0 Å². The molecule has 2 saturated heterocycles. The molecule has 2 bridgehead atoms. The van der Waals surface area contributed by atoms with Crippen LogP contribution >= 0.6 is 0 Å². The van der Waals surface area contributed by atoms with Crippen LogP contribution in [0.5, 0.6) is 0 Å². The fourth-order valence-corrected chi connectivity index (χ4v) is 4.15. The Morgan fingerprint density at radius 1 is 1.00 bits per heavy atom. The quantitative estimate of drug-likeness (QED) is 0.666. The van der Waals surface area contributed by atoms with Crippen molar-refractivity contribution in [3.8, 4) is 0 Å². The molecule has 3 heteroatoms. The first-order valence-electron chi connectivity index (χ1n) is 7.74. The van der Waals surface area contributed by atoms with Crippen molar-refractivity contribution in [3.63, 3.8) is 0 Å². The lowest BCUT2D eigenvalue weighted by Gasteiger charge is -2.31. The van der Waals surface area contributed by atoms with E-state index >= 15 is 0 Å². The van der Waals surface area contributed by atoms with Crippen LogP contribution in [-0.2, 0) is 4.79 Å². The number of Topliss-reactive ketones (excluding diaryl/α,β-unsaturated/α-hetero) is 1. The highest BCUT2D eigenvalue weighted by molar-refractivity contribution is 5.84. The molecule has 0 N–H and O–H groups in total. The van der Waals surface area contributed by atoms with Crippen LogP contribution in [0, 0.1) is 0 Å². The van der Waals surface area contributed by atoms with Gasteiger partial charge in [0, 0.05) is 31.6 Å². The van der Waals surface area contributed by atoms with Crippen LogP contribution in [0.3, 0.4) is 0 Å². The van der Waals surface area contributed by atoms with E-state index in [9.17, 15) is 4.79 Å². The molecule has 1 saturated carbocycles. The number of ketones is 1. The van der Waals surface area contributed by atoms with Gasteiger partial charge in [-0.3, -0.25) is 14.6 Å². The van der Waals surface area contributed by atoms with Crippen LogP contribution in [0.15, 0.2) is 0 Å². The molecule has 3 aliphatic rings. The standard InChI is InChI=1S/C15H26N2O/c1-16-12-7-8-13(16)11-17(10-9-12)14-5-3-2-4-6-15(14)18/h12-14H,2-11H2,1H3. The number of rotatable bonds is 1. The summed E-state index contributed by atoms with van der Waals surface area (Å²) in [4.78, 5) is 17.4. The lowest BCUT2D eigenvalue weighted by atomic mass is 10.0. The SMILES string of the molecule is CN1C2CCC1CN(C1CCCCCC1=O)CC2. The second-order valence-electron chi connectivity index (χ2n) is 6.42. The summed E-state index contributed by atoms with van der Waals surface area (Å²) in [6, 6.07) is 1.73. The summed E-state index contributed by atoms with van der Waals surface area (Å²) in [6.45, 7) is 2.27. The highest BCUT2D eigenvalue weighted by atomic mass is 16.1. The van der Waals surface area contributed by atoms with Crippen molar-refractivity contribution >= 4 is 5.78 Å². The Morgan fingerprint density at radius 3 is 2.72 bits per heavy atom. The summed E-state index contributed by atoms with van der Waals surface area (Å²) >= 11 is 0. The van der Waals surface area contributed by atoms with Gasteiger partial charge in [0.25, 0.3) is 0 Å². The van der Waals surface area contributed by atoms with Crippen molar-refractivity contribution in [2.24, 2.45) is 0 Å². The third kappa shape index (κ3) is 2.35. The summed E-state index contributed by atoms with van der Waals surface area (Å²) in [6.07, 6.45) is 9.52. The molecule has 102 valence electrons. The molecular formula is C15H26N2O. The van der Waals surface area contributed by atoms with E-state index in [-0.39, 0.29) is 6.04 Å². The van der Waals surface area contributed by atoms with Crippen LogP contribution in [0.2, 0.25) is 0 Å². The predicted octanol–water partition coefficient (Wildman–Crippen LogP) is 2.06. The maximum absolute atomic E-state index is 12.3. The van der Waals surface area contributed by atoms with Crippen LogP contribution in [0.1, 0.15) is 51.4 Å². The molecule has 0 aromatic carbocycles. The van der Waals surface area contributed by atoms with Gasteiger partial charge in [0.1, 0.15) is 5.78 Å². The van der Waals surface area contributed by atoms with Gasteiger partial charge in [-0.1, -0.05) is 12.8 Å². The predicted molar refractivity (Wildman–Crippen MR) is 72.6 cm³/mol. The lowest BCUT2D eigenvalue weighted by molar-refractivity contribution is -0.124. The molecule has 0 amide bonds. The Bertz CT molecular complexity index is 318. The van der Waals surface area contributed by atoms with Crippen LogP contribution in [0.25, 0.3) is 0 Å². The van der Waals surface area contributed by atoms with Crippen molar-refractivity contribution in [2.75, 3.05) is 20.1 Å². The monoisotopic (exact) mass is 250 g/mol. The van der Waals surface area contributed by atoms with Crippen molar-refractivity contribution in [1.82, 2.24) is 9.80 Å². The average Bonchev–Trinajstić information content (AvgIpc) is 2.51. The molecule has 0 aromatic heterocycles. The summed E-state index contributed by atoms with van der Waals surface area (Å²) in [5.74, 6) is 0.521. The van der Waals surface area contributed by atoms with Gasteiger partial charge in [0.15, 0.2) is 0 Å². The van der Waals surface area contributed by atoms with E-state index in [0.717, 1.165) is 38.4 Å². The van der Waals surface area contributed by atoms with E-state index in [0.29, 0.717) is 11.8 Å². The van der Waals surface area contributed by atoms with Gasteiger partial charge in [-0.25, -0.2) is 0 Å². The third-order valence-corrected chi connectivity index (χ3v) is 5.39. The number of likely N-dealkylation sites (N-methyl/N-ethyl adjacent to an activating group) is 1. The molecule has 18 heavy (non-hydrogen) atoms. The minimum absolute atomic E-state index is 0.250. The molecule has 3 nitrogen and oxygen atoms in total. The highest BCUT2D eigenvalue weighted by Gasteiger charge is 2.38. The van der Waals surface area contributed by atoms with E-state index in [1.807, 2.05) is 0 Å². The van der Waals surface area contributed by atoms with E-state index in [4.69, 9.17) is 0 Å². The van der Waals surface area contributed by atoms with Gasteiger partial charge >= 0.3 is 0 Å². The van der Waals surface area contributed by atoms with Crippen LogP contribution < -0.4 is 0 Å². The molecule has 1 aliphatic carbocycles. The van der Waals surface area contributed by atoms with Gasteiger partial charge in [0.05, 0.1) is 6.04 Å². The summed E-state index contributed by atoms with van der Waals surface area (Å²) in [5, 5.41) is 0. The number of hydrogen-bond donors (Lipinski definition) is 0. The minimum Gasteiger partial charge on any atom is -0.299 e. The Morgan fingerprint density at radius 2 is 1.83 bits per heavy atom. The Hall–Kier alpha value is -0.410. The number of carbonyl (C=O) groups excluding carboxylic acids is 1. The molecule has 2 aliphatic heterocycles. The van der Waals surface area contributed by atoms with Gasteiger partial charge in [-0.05, 0) is 39.2 Å². The van der Waals surface area contributed by atoms with E-state index < -0.39 is 0 Å². The lowest BCUT2D eigenvalue weighted by Crippen LogP contribution is -2.45. The maximum atomic E-state index is 12.3. The van der Waals surface area contributed by atoms with Crippen LogP contribution in [0.4, 0.5) is 0 Å². The Kier molecular flexibility index (Phi) is 3.71. The molecule has 3 rings (SSSR count). The largest absolute Gasteiger partial charge is 0.299 e. The first kappa shape index (κ1) is 12.6. The zero-order valence-corrected chi connectivity index (χ0v) is 11.6. The zero-order valence-electron chi connectivity index (χ0n) is 11.6. The molecule has 3 atom stereocenters. The van der Waals surface area contributed by atoms with Gasteiger partial charge in [0.2, 0.25) is 0 Å². The first-order valence-corrected chi connectivity index (χ1v) is 7.74. The van der Waals surface area contributed by atoms with E-state index in [2.05, 4.69) is 16.8 Å². The van der Waals surface area contributed by atoms with Crippen molar-refractivity contribution in [1.29, 1.82) is 0 Å². The highest BCUT2D eigenvalue weighted by Crippen LogP contribution is 2.30. The summed E-state index contributed by atoms with van der Waals surface area (Å²) in [7, 11) is 2.28. The number of hydrogen-bond acceptors (Lipinski definition) is 3. The smallest absolute Gasteiger partial charge is 0.149 e. The van der Waals surface area contributed by atoms with Gasteiger partial charge in [-0.2, -0.15) is 0 Å². The average molecular weight is 250 g/mol. The fourth-order valence-electron chi connectivity index (χ4n) is 4.15. The topological polar surface area (TPSA) is 23.6 Å². The second kappa shape index (κ2) is 5.30. The molecule has 2 heterocycles. The molecule has 0 aromatic rings. The normalized spacial score (nSPS) is 39.6. The number of nitrogens with zero attached hydrogens (tertiary/aromatic N) is 2. The molecule has 3 fully saturated rings.